The van der Waals surface area contributed by atoms with E-state index in [4.69, 9.17) is 14.5 Å². The molecule has 2 aliphatic heterocycles. The van der Waals surface area contributed by atoms with Gasteiger partial charge in [0.1, 0.15) is 17.3 Å². The lowest BCUT2D eigenvalue weighted by atomic mass is 10.0. The highest BCUT2D eigenvalue weighted by Crippen LogP contribution is 2.39. The van der Waals surface area contributed by atoms with Crippen molar-refractivity contribution in [2.75, 3.05) is 20.8 Å². The normalized spacial score (nSPS) is 18.3. The topological polar surface area (TPSA) is 73.7 Å². The van der Waals surface area contributed by atoms with Crippen LogP contribution in [0.15, 0.2) is 41.2 Å². The molecule has 1 atom stereocenters. The number of aryl methyl sites for hydroxylation is 1. The van der Waals surface area contributed by atoms with Crippen molar-refractivity contribution in [3.63, 3.8) is 0 Å². The highest BCUT2D eigenvalue weighted by atomic mass is 16.5. The number of hydrogen-bond donors (Lipinski definition) is 0. The number of fused-ring (bicyclic) bond motifs is 2. The molecule has 0 bridgehead atoms. The van der Waals surface area contributed by atoms with Crippen molar-refractivity contribution in [2.24, 2.45) is 0 Å². The molecule has 1 saturated heterocycles. The second-order valence-electron chi connectivity index (χ2n) is 9.15. The molecule has 5 rings (SSSR count). The quantitative estimate of drug-likeness (QED) is 0.572. The minimum Gasteiger partial charge on any atom is -0.497 e. The number of benzene rings is 2. The summed E-state index contributed by atoms with van der Waals surface area (Å²) in [6.45, 7) is 1.39. The molecule has 7 nitrogen and oxygen atoms in total. The fourth-order valence-electron chi connectivity index (χ4n) is 5.33. The van der Waals surface area contributed by atoms with E-state index in [1.807, 2.05) is 27.7 Å². The Hall–Kier alpha value is -3.35. The van der Waals surface area contributed by atoms with E-state index in [2.05, 4.69) is 0 Å². The minimum absolute atomic E-state index is 0.000986. The number of ether oxygens (including phenoxy) is 2. The molecule has 2 aromatic carbocycles. The number of rotatable bonds is 4. The van der Waals surface area contributed by atoms with Gasteiger partial charge in [-0.05, 0) is 62.1 Å². The molecule has 1 unspecified atom stereocenters. The van der Waals surface area contributed by atoms with Crippen molar-refractivity contribution in [1.29, 1.82) is 0 Å². The molecular weight excluding hydrogens is 430 g/mol. The van der Waals surface area contributed by atoms with E-state index in [0.717, 1.165) is 74.4 Å². The van der Waals surface area contributed by atoms with Gasteiger partial charge >= 0.3 is 0 Å². The first-order chi connectivity index (χ1) is 16.6. The maximum absolute atomic E-state index is 13.6. The molecule has 3 heterocycles. The molecule has 3 aromatic rings. The van der Waals surface area contributed by atoms with E-state index in [1.54, 1.807) is 32.4 Å². The average molecular weight is 462 g/mol. The number of carbonyl (C=O) groups excluding carboxylic acids is 1. The van der Waals surface area contributed by atoms with Crippen molar-refractivity contribution >= 4 is 16.8 Å². The van der Waals surface area contributed by atoms with Crippen molar-refractivity contribution in [2.45, 2.75) is 57.5 Å². The first-order valence-electron chi connectivity index (χ1n) is 12.2. The Morgan fingerprint density at radius 1 is 0.971 bits per heavy atom. The maximum Gasteiger partial charge on any atom is 0.261 e. The van der Waals surface area contributed by atoms with Crippen LogP contribution < -0.4 is 15.0 Å². The molecule has 1 amide bonds. The largest absolute Gasteiger partial charge is 0.497 e. The van der Waals surface area contributed by atoms with Crippen LogP contribution in [0, 0.1) is 0 Å². The summed E-state index contributed by atoms with van der Waals surface area (Å²) in [6, 6.07) is 10.9. The molecule has 34 heavy (non-hydrogen) atoms. The number of nitrogens with zero attached hydrogens (tertiary/aromatic N) is 3. The summed E-state index contributed by atoms with van der Waals surface area (Å²) in [5.41, 5.74) is 2.12. The van der Waals surface area contributed by atoms with Crippen molar-refractivity contribution in [1.82, 2.24) is 14.5 Å². The Balaban J connectivity index is 1.50. The van der Waals surface area contributed by atoms with Crippen LogP contribution in [0.5, 0.6) is 11.5 Å². The van der Waals surface area contributed by atoms with Crippen LogP contribution in [0.2, 0.25) is 0 Å². The van der Waals surface area contributed by atoms with E-state index in [1.165, 1.54) is 0 Å². The molecule has 0 N–H and O–H groups in total. The summed E-state index contributed by atoms with van der Waals surface area (Å²) in [6.07, 6.45) is 6.92. The third-order valence-corrected chi connectivity index (χ3v) is 7.12. The van der Waals surface area contributed by atoms with Gasteiger partial charge in [0, 0.05) is 30.6 Å². The van der Waals surface area contributed by atoms with Crippen LogP contribution in [0.3, 0.4) is 0 Å². The van der Waals surface area contributed by atoms with Crippen LogP contribution in [-0.4, -0.2) is 41.1 Å². The predicted octanol–water partition coefficient (Wildman–Crippen LogP) is 4.51. The molecule has 0 saturated carbocycles. The van der Waals surface area contributed by atoms with Gasteiger partial charge in [-0.2, -0.15) is 0 Å². The summed E-state index contributed by atoms with van der Waals surface area (Å²) < 4.78 is 12.8. The molecule has 1 fully saturated rings. The zero-order valence-electron chi connectivity index (χ0n) is 19.9. The monoisotopic (exact) mass is 461 g/mol. The lowest BCUT2D eigenvalue weighted by Gasteiger charge is -2.27. The van der Waals surface area contributed by atoms with Gasteiger partial charge in [0.2, 0.25) is 0 Å². The first-order valence-corrected chi connectivity index (χ1v) is 12.2. The SMILES string of the molecule is COc1ccc(OC)c(C2CCCN2C(=O)c2ccc3c(=O)n4c(nc3c2)CCCCCC4)c1. The highest BCUT2D eigenvalue weighted by molar-refractivity contribution is 5.98. The molecule has 1 aromatic heterocycles. The lowest BCUT2D eigenvalue weighted by molar-refractivity contribution is 0.0734. The van der Waals surface area contributed by atoms with Crippen molar-refractivity contribution in [3.8, 4) is 11.5 Å². The van der Waals surface area contributed by atoms with Gasteiger partial charge < -0.3 is 14.4 Å². The number of likely N-dealkylation sites (tertiary alicyclic amines) is 1. The van der Waals surface area contributed by atoms with Gasteiger partial charge in [0.15, 0.2) is 0 Å². The molecule has 2 aliphatic rings. The Labute approximate surface area is 199 Å². The standard InChI is InChI=1S/C27H31N3O4/c1-33-19-11-13-24(34-2)21(17-19)23-8-7-15-29(23)26(31)18-10-12-20-22(16-18)28-25-9-5-3-4-6-14-30(25)27(20)32/h10-13,16-17,23H,3-9,14-15H2,1-2H3. The Morgan fingerprint density at radius 3 is 2.65 bits per heavy atom. The van der Waals surface area contributed by atoms with E-state index >= 15 is 0 Å². The summed E-state index contributed by atoms with van der Waals surface area (Å²) >= 11 is 0. The van der Waals surface area contributed by atoms with Crippen molar-refractivity contribution in [3.05, 3.63) is 63.7 Å². The number of methoxy groups -OCH3 is 2. The number of hydrogen-bond acceptors (Lipinski definition) is 5. The van der Waals surface area contributed by atoms with Crippen LogP contribution in [0.25, 0.3) is 10.9 Å². The first kappa shape index (κ1) is 22.4. The van der Waals surface area contributed by atoms with E-state index in [0.29, 0.717) is 23.0 Å². The fourth-order valence-corrected chi connectivity index (χ4v) is 5.33. The molecular formula is C27H31N3O4. The average Bonchev–Trinajstić information content (AvgIpc) is 3.34. The zero-order chi connectivity index (χ0) is 23.7. The summed E-state index contributed by atoms with van der Waals surface area (Å²) in [5, 5.41) is 0.577. The second-order valence-corrected chi connectivity index (χ2v) is 9.15. The second kappa shape index (κ2) is 9.49. The smallest absolute Gasteiger partial charge is 0.261 e. The summed E-state index contributed by atoms with van der Waals surface area (Å²) in [5.74, 6) is 2.27. The number of aromatic nitrogens is 2. The van der Waals surface area contributed by atoms with Gasteiger partial charge in [-0.1, -0.05) is 12.8 Å². The van der Waals surface area contributed by atoms with E-state index < -0.39 is 0 Å². The maximum atomic E-state index is 13.6. The summed E-state index contributed by atoms with van der Waals surface area (Å²) in [4.78, 5) is 33.5. The molecule has 0 radical (unpaired) electrons. The van der Waals surface area contributed by atoms with Gasteiger partial charge in [-0.25, -0.2) is 4.98 Å². The van der Waals surface area contributed by atoms with E-state index in [9.17, 15) is 9.59 Å². The Morgan fingerprint density at radius 2 is 1.82 bits per heavy atom. The third kappa shape index (κ3) is 4.04. The molecule has 0 spiro atoms. The Bertz CT molecular complexity index is 1280. The van der Waals surface area contributed by atoms with Crippen LogP contribution in [0.4, 0.5) is 0 Å². The molecule has 0 aliphatic carbocycles. The fraction of sp³-hybridized carbons (Fsp3) is 0.444. The lowest BCUT2D eigenvalue weighted by Crippen LogP contribution is -2.31. The van der Waals surface area contributed by atoms with Crippen LogP contribution in [0.1, 0.15) is 66.3 Å². The van der Waals surface area contributed by atoms with Crippen LogP contribution >= 0.6 is 0 Å². The van der Waals surface area contributed by atoms with E-state index in [-0.39, 0.29) is 17.5 Å². The number of amides is 1. The summed E-state index contributed by atoms with van der Waals surface area (Å²) in [7, 11) is 3.28. The van der Waals surface area contributed by atoms with Gasteiger partial charge in [0.25, 0.3) is 11.5 Å². The van der Waals surface area contributed by atoms with Gasteiger partial charge in [0.05, 0.1) is 31.2 Å². The minimum atomic E-state index is -0.0948. The molecule has 7 heteroatoms. The van der Waals surface area contributed by atoms with Gasteiger partial charge in [-0.15, -0.1) is 0 Å². The molecule has 178 valence electrons. The van der Waals surface area contributed by atoms with Crippen LogP contribution in [-0.2, 0) is 13.0 Å². The third-order valence-electron chi connectivity index (χ3n) is 7.12. The highest BCUT2D eigenvalue weighted by Gasteiger charge is 2.33. The van der Waals surface area contributed by atoms with Gasteiger partial charge in [-0.3, -0.25) is 14.2 Å². The number of carbonyl (C=O) groups is 1. The van der Waals surface area contributed by atoms with Crippen molar-refractivity contribution < 1.29 is 14.3 Å². The predicted molar refractivity (Wildman–Crippen MR) is 131 cm³/mol. The zero-order valence-corrected chi connectivity index (χ0v) is 19.9. The Kier molecular flexibility index (Phi) is 6.26.